The molecule has 1 rings (SSSR count). The van der Waals surface area contributed by atoms with Crippen LogP contribution in [0.15, 0.2) is 23.1 Å². The Morgan fingerprint density at radius 1 is 1.20 bits per heavy atom. The van der Waals surface area contributed by atoms with Gasteiger partial charge in [-0.1, -0.05) is 6.07 Å². The summed E-state index contributed by atoms with van der Waals surface area (Å²) in [5.74, 6) is -3.84. The summed E-state index contributed by atoms with van der Waals surface area (Å²) in [6.45, 7) is -0.652. The molecule has 0 amide bonds. The monoisotopic (exact) mass is 305 g/mol. The first-order valence-corrected chi connectivity index (χ1v) is 6.78. The summed E-state index contributed by atoms with van der Waals surface area (Å²) < 4.78 is 37.8. The van der Waals surface area contributed by atoms with Gasteiger partial charge in [-0.2, -0.15) is 4.31 Å². The summed E-state index contributed by atoms with van der Waals surface area (Å²) >= 11 is 0. The third kappa shape index (κ3) is 3.75. The number of carboxylic acid groups (broad SMARTS) is 2. The molecule has 0 bridgehead atoms. The molecule has 0 atom stereocenters. The normalized spacial score (nSPS) is 11.6. The van der Waals surface area contributed by atoms with Crippen LogP contribution in [0.3, 0.4) is 0 Å². The summed E-state index contributed by atoms with van der Waals surface area (Å²) in [6.07, 6.45) is 0. The average Bonchev–Trinajstić information content (AvgIpc) is 2.30. The second kappa shape index (κ2) is 5.97. The molecule has 110 valence electrons. The molecule has 1 aromatic carbocycles. The number of hydrogen-bond donors (Lipinski definition) is 2. The van der Waals surface area contributed by atoms with E-state index in [1.54, 1.807) is 0 Å². The van der Waals surface area contributed by atoms with Crippen molar-refractivity contribution in [1.29, 1.82) is 0 Å². The third-order valence-corrected chi connectivity index (χ3v) is 4.32. The second-order valence-corrected chi connectivity index (χ2v) is 5.88. The summed E-state index contributed by atoms with van der Waals surface area (Å²) in [7, 11) is -4.41. The summed E-state index contributed by atoms with van der Waals surface area (Å²) in [4.78, 5) is 20.8. The van der Waals surface area contributed by atoms with Gasteiger partial charge in [0.15, 0.2) is 0 Å². The highest BCUT2D eigenvalue weighted by molar-refractivity contribution is 7.89. The van der Waals surface area contributed by atoms with Gasteiger partial charge in [-0.3, -0.25) is 9.59 Å². The Labute approximate surface area is 114 Å². The average molecular weight is 305 g/mol. The van der Waals surface area contributed by atoms with Crippen molar-refractivity contribution in [3.8, 4) is 0 Å². The van der Waals surface area contributed by atoms with Gasteiger partial charge < -0.3 is 10.2 Å². The number of rotatable bonds is 6. The molecule has 0 spiro atoms. The molecule has 20 heavy (non-hydrogen) atoms. The van der Waals surface area contributed by atoms with E-state index in [2.05, 4.69) is 0 Å². The number of benzene rings is 1. The number of halogens is 1. The van der Waals surface area contributed by atoms with Crippen LogP contribution in [0.4, 0.5) is 4.39 Å². The lowest BCUT2D eigenvalue weighted by Gasteiger charge is -2.19. The maximum absolute atomic E-state index is 13.2. The van der Waals surface area contributed by atoms with Crippen molar-refractivity contribution in [2.24, 2.45) is 0 Å². The third-order valence-electron chi connectivity index (χ3n) is 2.39. The summed E-state index contributed by atoms with van der Waals surface area (Å²) in [5, 5.41) is 17.3. The van der Waals surface area contributed by atoms with E-state index < -0.39 is 45.8 Å². The molecular formula is C11H12FNO6S. The van der Waals surface area contributed by atoms with E-state index in [9.17, 15) is 22.4 Å². The van der Waals surface area contributed by atoms with Crippen molar-refractivity contribution in [1.82, 2.24) is 4.31 Å². The minimum Gasteiger partial charge on any atom is -0.480 e. The molecule has 0 aliphatic rings. The van der Waals surface area contributed by atoms with Gasteiger partial charge in [0, 0.05) is 0 Å². The van der Waals surface area contributed by atoms with Crippen LogP contribution in [-0.4, -0.2) is 48.0 Å². The maximum Gasteiger partial charge on any atom is 0.318 e. The molecule has 0 fully saturated rings. The predicted octanol–water partition coefficient (Wildman–Crippen LogP) is 0.294. The van der Waals surface area contributed by atoms with Crippen LogP contribution in [0.25, 0.3) is 0 Å². The van der Waals surface area contributed by atoms with Crippen molar-refractivity contribution in [3.05, 3.63) is 29.6 Å². The highest BCUT2D eigenvalue weighted by atomic mass is 32.2. The smallest absolute Gasteiger partial charge is 0.318 e. The lowest BCUT2D eigenvalue weighted by molar-refractivity contribution is -0.139. The van der Waals surface area contributed by atoms with Gasteiger partial charge in [-0.25, -0.2) is 12.8 Å². The molecule has 0 heterocycles. The first kappa shape index (κ1) is 16.1. The van der Waals surface area contributed by atoms with E-state index >= 15 is 0 Å². The van der Waals surface area contributed by atoms with E-state index in [-0.39, 0.29) is 9.87 Å². The fraction of sp³-hybridized carbons (Fsp3) is 0.273. The fourth-order valence-corrected chi connectivity index (χ4v) is 3.09. The van der Waals surface area contributed by atoms with Crippen molar-refractivity contribution in [2.75, 3.05) is 13.1 Å². The molecule has 0 aliphatic carbocycles. The van der Waals surface area contributed by atoms with Crippen LogP contribution in [-0.2, 0) is 19.6 Å². The van der Waals surface area contributed by atoms with Crippen LogP contribution in [0, 0.1) is 12.7 Å². The van der Waals surface area contributed by atoms with E-state index in [0.717, 1.165) is 12.1 Å². The topological polar surface area (TPSA) is 112 Å². The van der Waals surface area contributed by atoms with Crippen LogP contribution in [0.1, 0.15) is 5.56 Å². The lowest BCUT2D eigenvalue weighted by atomic mass is 10.2. The zero-order valence-corrected chi connectivity index (χ0v) is 11.2. The number of aryl methyl sites for hydroxylation is 1. The molecule has 1 aromatic rings. The van der Waals surface area contributed by atoms with Crippen molar-refractivity contribution < 1.29 is 32.6 Å². The molecule has 0 aromatic heterocycles. The molecule has 0 radical (unpaired) electrons. The van der Waals surface area contributed by atoms with Crippen molar-refractivity contribution >= 4 is 22.0 Å². The Balaban J connectivity index is 3.31. The standard InChI is InChI=1S/C11H12FNO6S/c1-7-2-3-8(12)4-9(7)20(18,19)13(5-10(14)15)6-11(16)17/h2-4H,5-6H2,1H3,(H,14,15)(H,16,17). The van der Waals surface area contributed by atoms with Gasteiger partial charge in [-0.05, 0) is 24.6 Å². The molecule has 7 nitrogen and oxygen atoms in total. The Hall–Kier alpha value is -2.00. The minimum atomic E-state index is -4.41. The van der Waals surface area contributed by atoms with Gasteiger partial charge in [0.1, 0.15) is 18.9 Å². The zero-order valence-electron chi connectivity index (χ0n) is 10.4. The first-order chi connectivity index (χ1) is 9.14. The largest absolute Gasteiger partial charge is 0.480 e. The van der Waals surface area contributed by atoms with E-state index in [4.69, 9.17) is 10.2 Å². The Morgan fingerprint density at radius 2 is 1.70 bits per heavy atom. The van der Waals surface area contributed by atoms with Gasteiger partial charge in [-0.15, -0.1) is 0 Å². The quantitative estimate of drug-likeness (QED) is 0.781. The van der Waals surface area contributed by atoms with E-state index in [1.165, 1.54) is 13.0 Å². The molecular weight excluding hydrogens is 293 g/mol. The van der Waals surface area contributed by atoms with Crippen molar-refractivity contribution in [2.45, 2.75) is 11.8 Å². The molecule has 0 saturated heterocycles. The fourth-order valence-electron chi connectivity index (χ4n) is 1.52. The zero-order chi connectivity index (χ0) is 15.5. The molecule has 9 heteroatoms. The first-order valence-electron chi connectivity index (χ1n) is 5.34. The van der Waals surface area contributed by atoms with Crippen LogP contribution >= 0.6 is 0 Å². The van der Waals surface area contributed by atoms with Gasteiger partial charge in [0.25, 0.3) is 0 Å². The highest BCUT2D eigenvalue weighted by Crippen LogP contribution is 2.20. The number of aliphatic carboxylic acids is 2. The number of carboxylic acids is 2. The molecule has 2 N–H and O–H groups in total. The molecule has 0 aliphatic heterocycles. The van der Waals surface area contributed by atoms with Gasteiger partial charge >= 0.3 is 11.9 Å². The van der Waals surface area contributed by atoms with Gasteiger partial charge in [0.2, 0.25) is 10.0 Å². The van der Waals surface area contributed by atoms with Gasteiger partial charge in [0.05, 0.1) is 4.90 Å². The Kier molecular flexibility index (Phi) is 4.79. The number of carbonyl (C=O) groups is 2. The molecule has 0 unspecified atom stereocenters. The van der Waals surface area contributed by atoms with E-state index in [1.807, 2.05) is 0 Å². The number of sulfonamides is 1. The van der Waals surface area contributed by atoms with E-state index in [0.29, 0.717) is 0 Å². The molecule has 0 saturated carbocycles. The summed E-state index contributed by atoms with van der Waals surface area (Å²) in [5.41, 5.74) is 0.187. The van der Waals surface area contributed by atoms with Crippen LogP contribution in [0.5, 0.6) is 0 Å². The maximum atomic E-state index is 13.2. The number of hydrogen-bond acceptors (Lipinski definition) is 4. The Morgan fingerprint density at radius 3 is 2.15 bits per heavy atom. The SMILES string of the molecule is Cc1ccc(F)cc1S(=O)(=O)N(CC(=O)O)CC(=O)O. The van der Waals surface area contributed by atoms with Crippen molar-refractivity contribution in [3.63, 3.8) is 0 Å². The lowest BCUT2D eigenvalue weighted by Crippen LogP contribution is -2.39. The van der Waals surface area contributed by atoms with Crippen LogP contribution in [0.2, 0.25) is 0 Å². The second-order valence-electron chi connectivity index (χ2n) is 3.97. The minimum absolute atomic E-state index is 0.187. The highest BCUT2D eigenvalue weighted by Gasteiger charge is 2.30. The van der Waals surface area contributed by atoms with Crippen LogP contribution < -0.4 is 0 Å². The summed E-state index contributed by atoms with van der Waals surface area (Å²) in [6, 6.07) is 2.98. The number of nitrogens with zero attached hydrogens (tertiary/aromatic N) is 1. The predicted molar refractivity (Wildman–Crippen MR) is 65.2 cm³/mol. The Bertz CT molecular complexity index is 626.